The van der Waals surface area contributed by atoms with Gasteiger partial charge in [-0.05, 0) is 17.7 Å². The van der Waals surface area contributed by atoms with Crippen LogP contribution < -0.4 is 9.47 Å². The van der Waals surface area contributed by atoms with E-state index in [0.717, 1.165) is 23.5 Å². The number of ether oxygens (including phenoxy) is 2. The Hall–Kier alpha value is -1.22. The Labute approximate surface area is 89.6 Å². The van der Waals surface area contributed by atoms with E-state index in [2.05, 4.69) is 0 Å². The third kappa shape index (κ3) is 2.23. The van der Waals surface area contributed by atoms with Crippen LogP contribution in [0.2, 0.25) is 0 Å². The Morgan fingerprint density at radius 3 is 2.73 bits per heavy atom. The summed E-state index contributed by atoms with van der Waals surface area (Å²) in [4.78, 5) is 0. The summed E-state index contributed by atoms with van der Waals surface area (Å²) in [7, 11) is 0. The van der Waals surface area contributed by atoms with E-state index in [1.807, 2.05) is 25.1 Å². The predicted molar refractivity (Wildman–Crippen MR) is 57.5 cm³/mol. The van der Waals surface area contributed by atoms with Crippen molar-refractivity contribution >= 4 is 0 Å². The van der Waals surface area contributed by atoms with Crippen LogP contribution in [0.5, 0.6) is 11.5 Å². The largest absolute Gasteiger partial charge is 0.490 e. The lowest BCUT2D eigenvalue weighted by atomic mass is 10.0. The molecule has 1 atom stereocenters. The van der Waals surface area contributed by atoms with Gasteiger partial charge in [-0.15, -0.1) is 0 Å². The fourth-order valence-corrected chi connectivity index (χ4v) is 1.59. The van der Waals surface area contributed by atoms with Crippen LogP contribution in [0.4, 0.5) is 0 Å². The minimum Gasteiger partial charge on any atom is -0.490 e. The molecule has 0 bridgehead atoms. The van der Waals surface area contributed by atoms with Gasteiger partial charge >= 0.3 is 0 Å². The van der Waals surface area contributed by atoms with Crippen LogP contribution in [0.3, 0.4) is 0 Å². The molecule has 0 fully saturated rings. The molecule has 2 rings (SSSR count). The summed E-state index contributed by atoms with van der Waals surface area (Å²) in [5, 5.41) is 9.08. The molecular formula is C12H16O3. The number of aliphatic hydroxyl groups is 1. The highest BCUT2D eigenvalue weighted by Crippen LogP contribution is 2.32. The van der Waals surface area contributed by atoms with Gasteiger partial charge in [0.15, 0.2) is 11.5 Å². The Morgan fingerprint density at radius 2 is 2.00 bits per heavy atom. The van der Waals surface area contributed by atoms with Crippen molar-refractivity contribution in [1.82, 2.24) is 0 Å². The number of aliphatic hydroxyl groups excluding tert-OH is 1. The second kappa shape index (κ2) is 4.53. The van der Waals surface area contributed by atoms with Gasteiger partial charge in [-0.25, -0.2) is 0 Å². The third-order valence-electron chi connectivity index (χ3n) is 2.61. The Balaban J connectivity index is 2.27. The van der Waals surface area contributed by atoms with Crippen LogP contribution in [0.15, 0.2) is 18.2 Å². The van der Waals surface area contributed by atoms with Gasteiger partial charge in [0.1, 0.15) is 0 Å². The molecule has 3 heteroatoms. The minimum absolute atomic E-state index is 0.141. The van der Waals surface area contributed by atoms with Crippen LogP contribution in [0, 0.1) is 0 Å². The number of fused-ring (bicyclic) bond motifs is 1. The van der Waals surface area contributed by atoms with Gasteiger partial charge < -0.3 is 14.6 Å². The predicted octanol–water partition coefficient (Wildman–Crippen LogP) is 1.94. The van der Waals surface area contributed by atoms with Gasteiger partial charge in [-0.2, -0.15) is 0 Å². The standard InChI is InChI=1S/C12H16O3/c1-9(8-13)10-3-4-11-12(7-10)15-6-2-5-14-11/h3-4,7,9,13H,2,5-6,8H2,1H3/t9-/m1/s1. The van der Waals surface area contributed by atoms with Crippen molar-refractivity contribution in [2.75, 3.05) is 19.8 Å². The van der Waals surface area contributed by atoms with E-state index in [1.54, 1.807) is 0 Å². The second-order valence-electron chi connectivity index (χ2n) is 3.84. The molecule has 0 radical (unpaired) electrons. The second-order valence-corrected chi connectivity index (χ2v) is 3.84. The van der Waals surface area contributed by atoms with E-state index in [4.69, 9.17) is 14.6 Å². The lowest BCUT2D eigenvalue weighted by Crippen LogP contribution is -2.00. The monoisotopic (exact) mass is 208 g/mol. The zero-order valence-electron chi connectivity index (χ0n) is 8.90. The SMILES string of the molecule is C[C@H](CO)c1ccc2c(c1)OCCCO2. The molecule has 0 amide bonds. The van der Waals surface area contributed by atoms with Crippen LogP contribution in [0.25, 0.3) is 0 Å². The van der Waals surface area contributed by atoms with E-state index < -0.39 is 0 Å². The maximum Gasteiger partial charge on any atom is 0.161 e. The van der Waals surface area contributed by atoms with Gasteiger partial charge in [-0.3, -0.25) is 0 Å². The first kappa shape index (κ1) is 10.3. The molecule has 15 heavy (non-hydrogen) atoms. The van der Waals surface area contributed by atoms with E-state index >= 15 is 0 Å². The van der Waals surface area contributed by atoms with Gasteiger partial charge in [0.2, 0.25) is 0 Å². The van der Waals surface area contributed by atoms with Crippen molar-refractivity contribution in [3.05, 3.63) is 23.8 Å². The minimum atomic E-state index is 0.141. The normalized spacial score (nSPS) is 16.9. The first-order valence-corrected chi connectivity index (χ1v) is 5.31. The highest BCUT2D eigenvalue weighted by Gasteiger charge is 2.12. The highest BCUT2D eigenvalue weighted by molar-refractivity contribution is 5.44. The van der Waals surface area contributed by atoms with E-state index in [1.165, 1.54) is 0 Å². The Bertz CT molecular complexity index is 336. The number of rotatable bonds is 2. The summed E-state index contributed by atoms with van der Waals surface area (Å²) in [6.07, 6.45) is 0.916. The van der Waals surface area contributed by atoms with E-state index in [9.17, 15) is 0 Å². The molecule has 0 saturated carbocycles. The quantitative estimate of drug-likeness (QED) is 0.807. The summed E-state index contributed by atoms with van der Waals surface area (Å²) in [5.74, 6) is 1.74. The zero-order valence-corrected chi connectivity index (χ0v) is 8.90. The molecule has 1 aromatic carbocycles. The first-order chi connectivity index (χ1) is 7.31. The van der Waals surface area contributed by atoms with E-state index in [-0.39, 0.29) is 12.5 Å². The summed E-state index contributed by atoms with van der Waals surface area (Å²) >= 11 is 0. The number of hydrogen-bond donors (Lipinski definition) is 1. The number of benzene rings is 1. The summed E-state index contributed by atoms with van der Waals surface area (Å²) in [5.41, 5.74) is 1.08. The molecule has 1 N–H and O–H groups in total. The van der Waals surface area contributed by atoms with E-state index in [0.29, 0.717) is 13.2 Å². The molecule has 0 saturated heterocycles. The molecule has 1 aliphatic heterocycles. The maximum atomic E-state index is 9.08. The molecule has 1 aromatic rings. The zero-order chi connectivity index (χ0) is 10.7. The molecule has 1 aliphatic rings. The fraction of sp³-hybridized carbons (Fsp3) is 0.500. The molecule has 82 valence electrons. The van der Waals surface area contributed by atoms with Crippen molar-refractivity contribution < 1.29 is 14.6 Å². The topological polar surface area (TPSA) is 38.7 Å². The van der Waals surface area contributed by atoms with Crippen LogP contribution in [-0.4, -0.2) is 24.9 Å². The van der Waals surface area contributed by atoms with Crippen molar-refractivity contribution in [3.8, 4) is 11.5 Å². The third-order valence-corrected chi connectivity index (χ3v) is 2.61. The van der Waals surface area contributed by atoms with Crippen LogP contribution >= 0.6 is 0 Å². The lowest BCUT2D eigenvalue weighted by molar-refractivity contribution is 0.272. The van der Waals surface area contributed by atoms with Gasteiger partial charge in [0, 0.05) is 18.9 Å². The average Bonchev–Trinajstić information content (AvgIpc) is 2.51. The van der Waals surface area contributed by atoms with Crippen LogP contribution in [0.1, 0.15) is 24.8 Å². The summed E-state index contributed by atoms with van der Waals surface area (Å²) in [6, 6.07) is 5.86. The van der Waals surface area contributed by atoms with Gasteiger partial charge in [0.25, 0.3) is 0 Å². The number of hydrogen-bond acceptors (Lipinski definition) is 3. The molecular weight excluding hydrogens is 192 g/mol. The van der Waals surface area contributed by atoms with Gasteiger partial charge in [-0.1, -0.05) is 13.0 Å². The average molecular weight is 208 g/mol. The van der Waals surface area contributed by atoms with Crippen molar-refractivity contribution in [2.24, 2.45) is 0 Å². The molecule has 3 nitrogen and oxygen atoms in total. The molecule has 1 heterocycles. The Morgan fingerprint density at radius 1 is 1.27 bits per heavy atom. The lowest BCUT2D eigenvalue weighted by Gasteiger charge is -2.12. The van der Waals surface area contributed by atoms with Crippen molar-refractivity contribution in [1.29, 1.82) is 0 Å². The maximum absolute atomic E-state index is 9.08. The smallest absolute Gasteiger partial charge is 0.161 e. The van der Waals surface area contributed by atoms with Crippen molar-refractivity contribution in [2.45, 2.75) is 19.3 Å². The first-order valence-electron chi connectivity index (χ1n) is 5.31. The molecule has 0 aliphatic carbocycles. The molecule has 0 unspecified atom stereocenters. The Kier molecular flexibility index (Phi) is 3.11. The highest BCUT2D eigenvalue weighted by atomic mass is 16.5. The molecule has 0 aromatic heterocycles. The van der Waals surface area contributed by atoms with Crippen LogP contribution in [-0.2, 0) is 0 Å². The summed E-state index contributed by atoms with van der Waals surface area (Å²) < 4.78 is 11.1. The van der Waals surface area contributed by atoms with Gasteiger partial charge in [0.05, 0.1) is 13.2 Å². The fourth-order valence-electron chi connectivity index (χ4n) is 1.59. The summed E-state index contributed by atoms with van der Waals surface area (Å²) in [6.45, 7) is 3.55. The molecule has 0 spiro atoms. The van der Waals surface area contributed by atoms with Crippen molar-refractivity contribution in [3.63, 3.8) is 0 Å².